The van der Waals surface area contributed by atoms with E-state index in [1.165, 1.54) is 18.2 Å². The first-order valence-corrected chi connectivity index (χ1v) is 11.1. The van der Waals surface area contributed by atoms with Crippen LogP contribution in [-0.2, 0) is 16.0 Å². The van der Waals surface area contributed by atoms with E-state index < -0.39 is 24.4 Å². The van der Waals surface area contributed by atoms with Crippen molar-refractivity contribution in [2.75, 3.05) is 11.5 Å². The van der Waals surface area contributed by atoms with E-state index in [9.17, 15) is 23.2 Å². The number of alkyl halides is 2. The quantitative estimate of drug-likeness (QED) is 0.326. The predicted octanol–water partition coefficient (Wildman–Crippen LogP) is 5.13. The van der Waals surface area contributed by atoms with E-state index in [1.807, 2.05) is 0 Å². The van der Waals surface area contributed by atoms with Gasteiger partial charge in [-0.1, -0.05) is 36.4 Å². The summed E-state index contributed by atoms with van der Waals surface area (Å²) in [5.41, 5.74) is 0.431. The number of hydrogen-bond donors (Lipinski definition) is 0. The van der Waals surface area contributed by atoms with Crippen LogP contribution < -0.4 is 14.4 Å². The molecule has 0 aromatic heterocycles. The molecule has 0 saturated carbocycles. The Hall–Kier alpha value is -4.01. The first-order chi connectivity index (χ1) is 16.7. The van der Waals surface area contributed by atoms with Crippen LogP contribution in [0.5, 0.6) is 11.5 Å². The molecule has 0 bridgehead atoms. The van der Waals surface area contributed by atoms with Crippen LogP contribution in [0.4, 0.5) is 14.5 Å². The van der Waals surface area contributed by atoms with Crippen molar-refractivity contribution in [3.05, 3.63) is 65.2 Å². The third-order valence-corrected chi connectivity index (χ3v) is 5.36. The van der Waals surface area contributed by atoms with Crippen molar-refractivity contribution in [3.63, 3.8) is 0 Å². The third kappa shape index (κ3) is 4.53. The fourth-order valence-electron chi connectivity index (χ4n) is 4.05. The van der Waals surface area contributed by atoms with E-state index in [0.29, 0.717) is 10.9 Å². The van der Waals surface area contributed by atoms with Gasteiger partial charge in [-0.05, 0) is 38.5 Å². The van der Waals surface area contributed by atoms with Crippen LogP contribution in [0.25, 0.3) is 10.8 Å². The third-order valence-electron chi connectivity index (χ3n) is 5.36. The number of rotatable bonds is 8. The molecule has 2 amide bonds. The second-order valence-electron chi connectivity index (χ2n) is 8.09. The highest BCUT2D eigenvalue weighted by molar-refractivity contribution is 6.38. The Labute approximate surface area is 200 Å². The van der Waals surface area contributed by atoms with Gasteiger partial charge in [0.2, 0.25) is 0 Å². The zero-order chi connectivity index (χ0) is 25.3. The predicted molar refractivity (Wildman–Crippen MR) is 124 cm³/mol. The Morgan fingerprint density at radius 1 is 0.886 bits per heavy atom. The fourth-order valence-corrected chi connectivity index (χ4v) is 4.05. The number of esters is 1. The zero-order valence-corrected chi connectivity index (χ0v) is 19.3. The molecule has 1 aliphatic heterocycles. The van der Waals surface area contributed by atoms with Gasteiger partial charge in [-0.15, -0.1) is 0 Å². The molecular formula is C26H23F2NO6. The van der Waals surface area contributed by atoms with Gasteiger partial charge in [0.15, 0.2) is 0 Å². The summed E-state index contributed by atoms with van der Waals surface area (Å²) in [7, 11) is 0. The molecule has 0 saturated heterocycles. The number of hydrogen-bond acceptors (Lipinski definition) is 6. The minimum atomic E-state index is -3.21. The van der Waals surface area contributed by atoms with Gasteiger partial charge < -0.3 is 14.2 Å². The average molecular weight is 483 g/mol. The van der Waals surface area contributed by atoms with Crippen molar-refractivity contribution < 1.29 is 37.4 Å². The molecule has 0 atom stereocenters. The number of amides is 2. The van der Waals surface area contributed by atoms with Crippen molar-refractivity contribution in [2.45, 2.75) is 39.9 Å². The monoisotopic (exact) mass is 483 g/mol. The lowest BCUT2D eigenvalue weighted by Crippen LogP contribution is -2.29. The molecule has 1 aliphatic rings. The number of carbonyl (C=O) groups excluding carboxylic acids is 3. The Morgan fingerprint density at radius 2 is 1.43 bits per heavy atom. The number of carbonyl (C=O) groups is 3. The summed E-state index contributed by atoms with van der Waals surface area (Å²) in [5, 5.41) is 0.610. The number of halogens is 2. The molecule has 7 nitrogen and oxygen atoms in total. The van der Waals surface area contributed by atoms with Gasteiger partial charge in [0.05, 0.1) is 35.9 Å². The largest absolute Gasteiger partial charge is 0.489 e. The molecule has 3 aromatic rings. The molecule has 0 aliphatic carbocycles. The van der Waals surface area contributed by atoms with E-state index in [-0.39, 0.29) is 52.8 Å². The Kier molecular flexibility index (Phi) is 6.68. The Bertz CT molecular complexity index is 1230. The number of benzene rings is 3. The molecule has 0 unspecified atom stereocenters. The number of fused-ring (bicyclic) bond motifs is 2. The first-order valence-electron chi connectivity index (χ1n) is 11.1. The SMILES string of the molecule is CCOC(=O)Cc1ccc(N2C(=O)c3c(c(OC(F)F)c4ccccc4c3OC(C)C)C2=O)cc1. The van der Waals surface area contributed by atoms with E-state index in [0.717, 1.165) is 4.90 Å². The topological polar surface area (TPSA) is 82.1 Å². The summed E-state index contributed by atoms with van der Waals surface area (Å²) >= 11 is 0. The maximum Gasteiger partial charge on any atom is 0.387 e. The van der Waals surface area contributed by atoms with Crippen molar-refractivity contribution in [1.29, 1.82) is 0 Å². The number of imide groups is 1. The van der Waals surface area contributed by atoms with E-state index in [4.69, 9.17) is 14.2 Å². The molecule has 3 aromatic carbocycles. The second kappa shape index (κ2) is 9.69. The smallest absolute Gasteiger partial charge is 0.387 e. The maximum absolute atomic E-state index is 13.5. The molecule has 4 rings (SSSR count). The normalized spacial score (nSPS) is 13.1. The summed E-state index contributed by atoms with van der Waals surface area (Å²) in [6.07, 6.45) is -0.330. The van der Waals surface area contributed by atoms with Gasteiger partial charge in [0.25, 0.3) is 11.8 Å². The molecule has 0 spiro atoms. The van der Waals surface area contributed by atoms with Gasteiger partial charge in [0.1, 0.15) is 11.5 Å². The van der Waals surface area contributed by atoms with Crippen LogP contribution in [0.15, 0.2) is 48.5 Å². The zero-order valence-electron chi connectivity index (χ0n) is 19.3. The Morgan fingerprint density at radius 3 is 1.91 bits per heavy atom. The van der Waals surface area contributed by atoms with Gasteiger partial charge in [-0.25, -0.2) is 4.90 Å². The van der Waals surface area contributed by atoms with Gasteiger partial charge in [-0.3, -0.25) is 14.4 Å². The molecule has 0 radical (unpaired) electrons. The van der Waals surface area contributed by atoms with Crippen molar-refractivity contribution in [3.8, 4) is 11.5 Å². The summed E-state index contributed by atoms with van der Waals surface area (Å²) in [4.78, 5) is 39.7. The molecule has 9 heteroatoms. The van der Waals surface area contributed by atoms with Crippen LogP contribution in [-0.4, -0.2) is 37.1 Å². The van der Waals surface area contributed by atoms with Crippen molar-refractivity contribution in [1.82, 2.24) is 0 Å². The van der Waals surface area contributed by atoms with Crippen LogP contribution in [0.2, 0.25) is 0 Å². The molecule has 0 N–H and O–H groups in total. The molecule has 1 heterocycles. The average Bonchev–Trinajstić information content (AvgIpc) is 3.06. The highest BCUT2D eigenvalue weighted by Gasteiger charge is 2.44. The van der Waals surface area contributed by atoms with E-state index in [2.05, 4.69) is 0 Å². The van der Waals surface area contributed by atoms with Crippen LogP contribution in [0.1, 0.15) is 47.1 Å². The van der Waals surface area contributed by atoms with Crippen molar-refractivity contribution in [2.24, 2.45) is 0 Å². The van der Waals surface area contributed by atoms with Gasteiger partial charge >= 0.3 is 12.6 Å². The van der Waals surface area contributed by atoms with Crippen molar-refractivity contribution >= 4 is 34.2 Å². The lowest BCUT2D eigenvalue weighted by atomic mass is 9.99. The molecule has 35 heavy (non-hydrogen) atoms. The van der Waals surface area contributed by atoms with Crippen LogP contribution in [0, 0.1) is 0 Å². The fraction of sp³-hybridized carbons (Fsp3) is 0.269. The summed E-state index contributed by atoms with van der Waals surface area (Å²) < 4.78 is 42.4. The van der Waals surface area contributed by atoms with Gasteiger partial charge in [0, 0.05) is 10.8 Å². The number of anilines is 1. The number of nitrogens with zero attached hydrogens (tertiary/aromatic N) is 1. The second-order valence-corrected chi connectivity index (χ2v) is 8.09. The number of ether oxygens (including phenoxy) is 3. The maximum atomic E-state index is 13.5. The highest BCUT2D eigenvalue weighted by atomic mass is 19.3. The van der Waals surface area contributed by atoms with E-state index >= 15 is 0 Å². The molecule has 0 fully saturated rings. The summed E-state index contributed by atoms with van der Waals surface area (Å²) in [5.74, 6) is -2.17. The Balaban J connectivity index is 1.84. The summed E-state index contributed by atoms with van der Waals surface area (Å²) in [6.45, 7) is 2.26. The molecule has 182 valence electrons. The first kappa shape index (κ1) is 24.1. The van der Waals surface area contributed by atoms with Gasteiger partial charge in [-0.2, -0.15) is 8.78 Å². The van der Waals surface area contributed by atoms with E-state index in [1.54, 1.807) is 51.1 Å². The summed E-state index contributed by atoms with van der Waals surface area (Å²) in [6, 6.07) is 12.6. The lowest BCUT2D eigenvalue weighted by molar-refractivity contribution is -0.142. The van der Waals surface area contributed by atoms with Crippen LogP contribution >= 0.6 is 0 Å². The van der Waals surface area contributed by atoms with Crippen LogP contribution in [0.3, 0.4) is 0 Å². The molecular weight excluding hydrogens is 460 g/mol. The highest BCUT2D eigenvalue weighted by Crippen LogP contribution is 2.46. The minimum absolute atomic E-state index is 0.0282. The minimum Gasteiger partial charge on any atom is -0.489 e. The standard InChI is InChI=1S/C26H23F2NO6/c1-4-33-19(30)13-15-9-11-16(12-10-15)29-24(31)20-21(25(29)32)23(35-26(27)28)18-8-6-5-7-17(18)22(20)34-14(2)3/h5-12,14,26H,4,13H2,1-3H3. The lowest BCUT2D eigenvalue weighted by Gasteiger charge is -2.18.